The number of amides is 1. The fraction of sp³-hybridized carbons (Fsp3) is 0.185. The van der Waals surface area contributed by atoms with Crippen molar-refractivity contribution < 1.29 is 24.1 Å². The predicted molar refractivity (Wildman–Crippen MR) is 133 cm³/mol. The van der Waals surface area contributed by atoms with E-state index in [1.807, 2.05) is 37.3 Å². The summed E-state index contributed by atoms with van der Waals surface area (Å²) in [7, 11) is 0. The Morgan fingerprint density at radius 1 is 1.11 bits per heavy atom. The summed E-state index contributed by atoms with van der Waals surface area (Å²) in [5, 5.41) is 18.4. The highest BCUT2D eigenvalue weighted by atomic mass is 35.5. The van der Waals surface area contributed by atoms with E-state index < -0.39 is 6.04 Å². The molecule has 0 fully saturated rings. The molecule has 2 aliphatic rings. The van der Waals surface area contributed by atoms with E-state index in [0.717, 1.165) is 22.3 Å². The minimum absolute atomic E-state index is 0.0394. The Kier molecular flexibility index (Phi) is 5.45. The van der Waals surface area contributed by atoms with Gasteiger partial charge in [-0.05, 0) is 54.4 Å². The zero-order valence-electron chi connectivity index (χ0n) is 19.3. The first kappa shape index (κ1) is 22.3. The van der Waals surface area contributed by atoms with Gasteiger partial charge in [0.1, 0.15) is 5.69 Å². The molecule has 182 valence electrons. The summed E-state index contributed by atoms with van der Waals surface area (Å²) in [5.74, 6) is 1.56. The molecule has 0 saturated heterocycles. The van der Waals surface area contributed by atoms with Crippen LogP contribution in [0.15, 0.2) is 60.7 Å². The van der Waals surface area contributed by atoms with E-state index in [1.165, 1.54) is 0 Å². The molecule has 9 heteroatoms. The van der Waals surface area contributed by atoms with Crippen molar-refractivity contribution in [1.82, 2.24) is 15.1 Å². The number of halogens is 1. The van der Waals surface area contributed by atoms with Crippen LogP contribution < -0.4 is 14.2 Å². The number of aromatic nitrogens is 2. The van der Waals surface area contributed by atoms with Crippen LogP contribution in [0.25, 0.3) is 11.3 Å². The maximum Gasteiger partial charge on any atom is 0.273 e. The van der Waals surface area contributed by atoms with Crippen LogP contribution >= 0.6 is 11.6 Å². The lowest BCUT2D eigenvalue weighted by atomic mass is 9.95. The molecule has 0 spiro atoms. The topological polar surface area (TPSA) is 96.9 Å². The molecule has 6 rings (SSSR count). The third-order valence-corrected chi connectivity index (χ3v) is 6.62. The maximum atomic E-state index is 13.7. The predicted octanol–water partition coefficient (Wildman–Crippen LogP) is 5.31. The second-order valence-electron chi connectivity index (χ2n) is 8.55. The Balaban J connectivity index is 1.47. The van der Waals surface area contributed by atoms with Crippen molar-refractivity contribution in [2.45, 2.75) is 19.5 Å². The van der Waals surface area contributed by atoms with Crippen LogP contribution in [0.4, 0.5) is 0 Å². The van der Waals surface area contributed by atoms with Gasteiger partial charge in [0, 0.05) is 22.7 Å². The number of phenols is 1. The smallest absolute Gasteiger partial charge is 0.273 e. The van der Waals surface area contributed by atoms with E-state index in [1.54, 1.807) is 35.2 Å². The van der Waals surface area contributed by atoms with E-state index in [2.05, 4.69) is 10.2 Å². The van der Waals surface area contributed by atoms with Crippen molar-refractivity contribution in [3.63, 3.8) is 0 Å². The van der Waals surface area contributed by atoms with Crippen molar-refractivity contribution in [2.75, 3.05) is 13.4 Å². The normalized spacial score (nSPS) is 15.9. The monoisotopic (exact) mass is 503 g/mol. The second kappa shape index (κ2) is 8.80. The molecule has 1 aromatic heterocycles. The average Bonchev–Trinajstić information content (AvgIpc) is 3.58. The van der Waals surface area contributed by atoms with Crippen LogP contribution in [0.3, 0.4) is 0 Å². The first-order chi connectivity index (χ1) is 17.5. The first-order valence-corrected chi connectivity index (χ1v) is 11.9. The van der Waals surface area contributed by atoms with E-state index >= 15 is 0 Å². The van der Waals surface area contributed by atoms with Crippen LogP contribution in [0.1, 0.15) is 40.1 Å². The van der Waals surface area contributed by atoms with Gasteiger partial charge in [0.05, 0.1) is 18.3 Å². The molecule has 8 nitrogen and oxygen atoms in total. The van der Waals surface area contributed by atoms with Gasteiger partial charge in [-0.15, -0.1) is 0 Å². The summed E-state index contributed by atoms with van der Waals surface area (Å²) < 4.78 is 16.6. The van der Waals surface area contributed by atoms with Crippen LogP contribution in [0.2, 0.25) is 5.02 Å². The quantitative estimate of drug-likeness (QED) is 0.370. The Hall–Kier alpha value is -4.17. The van der Waals surface area contributed by atoms with Gasteiger partial charge in [0.15, 0.2) is 23.0 Å². The van der Waals surface area contributed by atoms with Crippen LogP contribution in [-0.2, 0) is 6.54 Å². The minimum Gasteiger partial charge on any atom is -0.504 e. The largest absolute Gasteiger partial charge is 0.504 e. The lowest BCUT2D eigenvalue weighted by molar-refractivity contribution is 0.0729. The number of aromatic amines is 1. The molecule has 2 N–H and O–H groups in total. The van der Waals surface area contributed by atoms with Crippen LogP contribution in [0.5, 0.6) is 23.0 Å². The van der Waals surface area contributed by atoms with Gasteiger partial charge in [0.2, 0.25) is 6.79 Å². The van der Waals surface area contributed by atoms with E-state index in [9.17, 15) is 9.90 Å². The number of nitrogens with one attached hydrogen (secondary N) is 1. The van der Waals surface area contributed by atoms with Gasteiger partial charge in [-0.2, -0.15) is 5.10 Å². The molecule has 2 aliphatic heterocycles. The molecule has 0 saturated carbocycles. The molecular weight excluding hydrogens is 482 g/mol. The van der Waals surface area contributed by atoms with Gasteiger partial charge in [-0.3, -0.25) is 9.89 Å². The molecule has 1 amide bonds. The van der Waals surface area contributed by atoms with E-state index in [4.69, 9.17) is 25.8 Å². The molecule has 4 aromatic rings. The lowest BCUT2D eigenvalue weighted by Gasteiger charge is -2.27. The van der Waals surface area contributed by atoms with Gasteiger partial charge in [0.25, 0.3) is 5.91 Å². The summed E-state index contributed by atoms with van der Waals surface area (Å²) in [6, 6.07) is 17.7. The fourth-order valence-electron chi connectivity index (χ4n) is 4.74. The Labute approximate surface area is 212 Å². The van der Waals surface area contributed by atoms with Crippen LogP contribution in [-0.4, -0.2) is 39.5 Å². The summed E-state index contributed by atoms with van der Waals surface area (Å²) in [4.78, 5) is 15.5. The molecule has 3 heterocycles. The molecule has 0 aliphatic carbocycles. The van der Waals surface area contributed by atoms with Gasteiger partial charge in [-0.1, -0.05) is 35.9 Å². The van der Waals surface area contributed by atoms with Crippen molar-refractivity contribution >= 4 is 17.5 Å². The number of rotatable bonds is 6. The minimum atomic E-state index is -0.470. The standard InChI is InChI=1S/C27H22ClN3O5/c1-2-34-21-12-17(6-9-19(21)32)26-23-24(16-4-7-18(28)8-5-16)29-30-25(23)27(33)31(26)13-15-3-10-20-22(11-15)36-14-35-20/h3-12,26,32H,2,13-14H2,1H3,(H,29,30). The Morgan fingerprint density at radius 2 is 1.92 bits per heavy atom. The Bertz CT molecular complexity index is 1470. The molecule has 1 atom stereocenters. The number of aromatic hydroxyl groups is 1. The van der Waals surface area contributed by atoms with Gasteiger partial charge < -0.3 is 24.2 Å². The van der Waals surface area contributed by atoms with Crippen molar-refractivity contribution in [3.05, 3.63) is 88.1 Å². The molecule has 36 heavy (non-hydrogen) atoms. The molecule has 1 unspecified atom stereocenters. The fourth-order valence-corrected chi connectivity index (χ4v) is 4.87. The number of ether oxygens (including phenoxy) is 3. The number of H-pyrrole nitrogens is 1. The molecular formula is C27H22ClN3O5. The Morgan fingerprint density at radius 3 is 2.72 bits per heavy atom. The summed E-state index contributed by atoms with van der Waals surface area (Å²) >= 11 is 6.11. The summed E-state index contributed by atoms with van der Waals surface area (Å²) in [6.45, 7) is 2.75. The molecule has 0 radical (unpaired) electrons. The summed E-state index contributed by atoms with van der Waals surface area (Å²) in [5.41, 5.74) is 4.38. The van der Waals surface area contributed by atoms with Crippen molar-refractivity contribution in [2.24, 2.45) is 0 Å². The lowest BCUT2D eigenvalue weighted by Crippen LogP contribution is -2.29. The zero-order valence-corrected chi connectivity index (χ0v) is 20.1. The van der Waals surface area contributed by atoms with Crippen LogP contribution in [0, 0.1) is 0 Å². The highest BCUT2D eigenvalue weighted by molar-refractivity contribution is 6.30. The number of hydrogen-bond acceptors (Lipinski definition) is 6. The third kappa shape index (κ3) is 3.70. The number of phenolic OH excluding ortho intramolecular Hbond substituents is 1. The first-order valence-electron chi connectivity index (χ1n) is 11.5. The van der Waals surface area contributed by atoms with Crippen molar-refractivity contribution in [1.29, 1.82) is 0 Å². The highest BCUT2D eigenvalue weighted by Crippen LogP contribution is 2.45. The number of hydrogen-bond donors (Lipinski definition) is 2. The number of fused-ring (bicyclic) bond motifs is 2. The highest BCUT2D eigenvalue weighted by Gasteiger charge is 2.42. The maximum absolute atomic E-state index is 13.7. The SMILES string of the molecule is CCOc1cc(C2c3c(-c4ccc(Cl)cc4)n[nH]c3C(=O)N2Cc2ccc3c(c2)OCO3)ccc1O. The van der Waals surface area contributed by atoms with E-state index in [0.29, 0.717) is 46.8 Å². The number of benzene rings is 3. The van der Waals surface area contributed by atoms with E-state index in [-0.39, 0.29) is 18.4 Å². The third-order valence-electron chi connectivity index (χ3n) is 6.37. The number of nitrogens with zero attached hydrogens (tertiary/aromatic N) is 2. The molecule has 0 bridgehead atoms. The van der Waals surface area contributed by atoms with Gasteiger partial charge in [-0.25, -0.2) is 0 Å². The van der Waals surface area contributed by atoms with Crippen molar-refractivity contribution in [3.8, 4) is 34.3 Å². The average molecular weight is 504 g/mol. The molecule has 3 aromatic carbocycles. The number of carbonyl (C=O) groups excluding carboxylic acids is 1. The second-order valence-corrected chi connectivity index (χ2v) is 8.99. The van der Waals surface area contributed by atoms with Gasteiger partial charge >= 0.3 is 0 Å². The summed E-state index contributed by atoms with van der Waals surface area (Å²) in [6.07, 6.45) is 0. The number of carbonyl (C=O) groups is 1. The zero-order chi connectivity index (χ0) is 24.8.